The summed E-state index contributed by atoms with van der Waals surface area (Å²) in [6.07, 6.45) is 2.21. The largest absolute Gasteiger partial charge is 0.384 e. The maximum atomic E-state index is 13.8. The Morgan fingerprint density at radius 1 is 1.53 bits per heavy atom. The van der Waals surface area contributed by atoms with Gasteiger partial charge in [0.25, 0.3) is 5.91 Å². The Kier molecular flexibility index (Phi) is 3.87. The number of hydrogen-bond donors (Lipinski definition) is 2. The van der Waals surface area contributed by atoms with Crippen molar-refractivity contribution in [2.24, 2.45) is 5.41 Å². The third kappa shape index (κ3) is 3.55. The quantitative estimate of drug-likeness (QED) is 0.814. The van der Waals surface area contributed by atoms with E-state index in [0.29, 0.717) is 12.1 Å². The van der Waals surface area contributed by atoms with Gasteiger partial charge in [0.1, 0.15) is 12.4 Å². The lowest BCUT2D eigenvalue weighted by Gasteiger charge is -2.10. The van der Waals surface area contributed by atoms with Crippen molar-refractivity contribution in [3.05, 3.63) is 35.1 Å². The van der Waals surface area contributed by atoms with E-state index in [-0.39, 0.29) is 17.6 Å². The number of halogens is 1. The molecule has 100 valence electrons. The average molecular weight is 261 g/mol. The van der Waals surface area contributed by atoms with Crippen LogP contribution in [0.2, 0.25) is 0 Å². The molecule has 1 amide bonds. The summed E-state index contributed by atoms with van der Waals surface area (Å²) in [5.74, 6) is 4.04. The minimum Gasteiger partial charge on any atom is -0.384 e. The van der Waals surface area contributed by atoms with E-state index in [0.717, 1.165) is 12.8 Å². The molecule has 0 saturated heterocycles. The van der Waals surface area contributed by atoms with Crippen molar-refractivity contribution >= 4 is 5.91 Å². The Hall–Kier alpha value is -1.86. The van der Waals surface area contributed by atoms with Crippen LogP contribution < -0.4 is 5.32 Å². The van der Waals surface area contributed by atoms with E-state index >= 15 is 0 Å². The molecule has 4 heteroatoms. The van der Waals surface area contributed by atoms with Crippen molar-refractivity contribution in [1.82, 2.24) is 5.32 Å². The van der Waals surface area contributed by atoms with Gasteiger partial charge in [0.15, 0.2) is 0 Å². The van der Waals surface area contributed by atoms with Crippen LogP contribution in [-0.4, -0.2) is 24.2 Å². The molecule has 2 N–H and O–H groups in total. The zero-order valence-corrected chi connectivity index (χ0v) is 10.8. The normalized spacial score (nSPS) is 15.3. The molecule has 1 saturated carbocycles. The first kappa shape index (κ1) is 13.6. The second-order valence-electron chi connectivity index (χ2n) is 5.15. The molecule has 0 spiro atoms. The monoisotopic (exact) mass is 261 g/mol. The molecule has 1 aliphatic carbocycles. The number of hydrogen-bond acceptors (Lipinski definition) is 2. The van der Waals surface area contributed by atoms with Gasteiger partial charge in [0, 0.05) is 12.1 Å². The third-order valence-electron chi connectivity index (χ3n) is 3.30. The Balaban J connectivity index is 2.05. The maximum absolute atomic E-state index is 13.8. The summed E-state index contributed by atoms with van der Waals surface area (Å²) in [5, 5.41) is 11.3. The van der Waals surface area contributed by atoms with Gasteiger partial charge in [-0.2, -0.15) is 0 Å². The highest BCUT2D eigenvalue weighted by atomic mass is 19.1. The van der Waals surface area contributed by atoms with Gasteiger partial charge >= 0.3 is 0 Å². The molecule has 0 aliphatic heterocycles. The summed E-state index contributed by atoms with van der Waals surface area (Å²) < 4.78 is 13.8. The lowest BCUT2D eigenvalue weighted by molar-refractivity contribution is 0.0942. The van der Waals surface area contributed by atoms with Crippen molar-refractivity contribution in [3.63, 3.8) is 0 Å². The van der Waals surface area contributed by atoms with E-state index in [1.54, 1.807) is 6.07 Å². The molecule has 1 aromatic carbocycles. The average Bonchev–Trinajstić information content (AvgIpc) is 3.12. The van der Waals surface area contributed by atoms with E-state index in [1.165, 1.54) is 12.1 Å². The van der Waals surface area contributed by atoms with Gasteiger partial charge in [-0.3, -0.25) is 4.79 Å². The SMILES string of the molecule is CC1(CNC(=O)c2ccc(C#CCO)cc2F)CC1. The van der Waals surface area contributed by atoms with Gasteiger partial charge in [-0.25, -0.2) is 4.39 Å². The van der Waals surface area contributed by atoms with Crippen LogP contribution in [0.15, 0.2) is 18.2 Å². The van der Waals surface area contributed by atoms with Crippen LogP contribution in [0.3, 0.4) is 0 Å². The summed E-state index contributed by atoms with van der Waals surface area (Å²) in [7, 11) is 0. The number of nitrogens with one attached hydrogen (secondary N) is 1. The highest BCUT2D eigenvalue weighted by Crippen LogP contribution is 2.44. The van der Waals surface area contributed by atoms with Gasteiger partial charge in [-0.05, 0) is 36.5 Å². The second kappa shape index (κ2) is 5.41. The minimum absolute atomic E-state index is 0.0267. The predicted octanol–water partition coefficient (Wildman–Crippen LogP) is 1.70. The Morgan fingerprint density at radius 2 is 2.26 bits per heavy atom. The van der Waals surface area contributed by atoms with Crippen molar-refractivity contribution in [1.29, 1.82) is 0 Å². The molecule has 1 aliphatic rings. The summed E-state index contributed by atoms with van der Waals surface area (Å²) >= 11 is 0. The molecule has 19 heavy (non-hydrogen) atoms. The molecule has 1 aromatic rings. The van der Waals surface area contributed by atoms with Crippen molar-refractivity contribution in [2.45, 2.75) is 19.8 Å². The fourth-order valence-electron chi connectivity index (χ4n) is 1.70. The molecule has 0 unspecified atom stereocenters. The van der Waals surface area contributed by atoms with Crippen LogP contribution in [-0.2, 0) is 0 Å². The number of rotatable bonds is 3. The van der Waals surface area contributed by atoms with E-state index in [2.05, 4.69) is 24.1 Å². The van der Waals surface area contributed by atoms with Gasteiger partial charge in [0.2, 0.25) is 0 Å². The maximum Gasteiger partial charge on any atom is 0.254 e. The first-order valence-electron chi connectivity index (χ1n) is 6.22. The molecule has 3 nitrogen and oxygen atoms in total. The predicted molar refractivity (Wildman–Crippen MR) is 70.0 cm³/mol. The van der Waals surface area contributed by atoms with Crippen LogP contribution in [0.1, 0.15) is 35.7 Å². The van der Waals surface area contributed by atoms with Gasteiger partial charge in [-0.1, -0.05) is 18.8 Å². The van der Waals surface area contributed by atoms with E-state index in [4.69, 9.17) is 5.11 Å². The van der Waals surface area contributed by atoms with Crippen LogP contribution in [0.4, 0.5) is 4.39 Å². The Morgan fingerprint density at radius 3 is 2.84 bits per heavy atom. The second-order valence-corrected chi connectivity index (χ2v) is 5.15. The van der Waals surface area contributed by atoms with Crippen LogP contribution in [0.5, 0.6) is 0 Å². The number of aliphatic hydroxyl groups excluding tert-OH is 1. The van der Waals surface area contributed by atoms with Crippen molar-refractivity contribution in [3.8, 4) is 11.8 Å². The summed E-state index contributed by atoms with van der Waals surface area (Å²) in [5.41, 5.74) is 0.662. The lowest BCUT2D eigenvalue weighted by Crippen LogP contribution is -2.29. The fraction of sp³-hybridized carbons (Fsp3) is 0.400. The summed E-state index contributed by atoms with van der Waals surface area (Å²) in [6, 6.07) is 4.19. The Bertz CT molecular complexity index is 553. The number of aliphatic hydroxyl groups is 1. The smallest absolute Gasteiger partial charge is 0.254 e. The number of carbonyl (C=O) groups excluding carboxylic acids is 1. The van der Waals surface area contributed by atoms with Crippen molar-refractivity contribution in [2.75, 3.05) is 13.2 Å². The number of benzene rings is 1. The highest BCUT2D eigenvalue weighted by Gasteiger charge is 2.37. The zero-order valence-electron chi connectivity index (χ0n) is 10.8. The molecule has 0 aromatic heterocycles. The minimum atomic E-state index is -0.594. The van der Waals surface area contributed by atoms with Crippen molar-refractivity contribution < 1.29 is 14.3 Å². The third-order valence-corrected chi connectivity index (χ3v) is 3.30. The van der Waals surface area contributed by atoms with Gasteiger partial charge < -0.3 is 10.4 Å². The molecule has 1 fully saturated rings. The van der Waals surface area contributed by atoms with Gasteiger partial charge in [-0.15, -0.1) is 0 Å². The van der Waals surface area contributed by atoms with E-state index in [1.807, 2.05) is 0 Å². The molecule has 0 radical (unpaired) electrons. The standard InChI is InChI=1S/C15H16FNO2/c1-15(6-7-15)10-17-14(19)12-5-4-11(3-2-8-18)9-13(12)16/h4-5,9,18H,6-8,10H2,1H3,(H,17,19). The molecular weight excluding hydrogens is 245 g/mol. The van der Waals surface area contributed by atoms with E-state index < -0.39 is 11.7 Å². The lowest BCUT2D eigenvalue weighted by atomic mass is 10.1. The first-order chi connectivity index (χ1) is 9.04. The number of amides is 1. The Labute approximate surface area is 111 Å². The van der Waals surface area contributed by atoms with Crippen LogP contribution in [0.25, 0.3) is 0 Å². The van der Waals surface area contributed by atoms with Crippen LogP contribution in [0, 0.1) is 23.1 Å². The molecule has 0 heterocycles. The molecule has 2 rings (SSSR count). The highest BCUT2D eigenvalue weighted by molar-refractivity contribution is 5.94. The molecule has 0 atom stereocenters. The first-order valence-corrected chi connectivity index (χ1v) is 6.22. The van der Waals surface area contributed by atoms with Crippen LogP contribution >= 0.6 is 0 Å². The van der Waals surface area contributed by atoms with Gasteiger partial charge in [0.05, 0.1) is 5.56 Å². The molecule has 0 bridgehead atoms. The zero-order chi connectivity index (χ0) is 13.9. The fourth-order valence-corrected chi connectivity index (χ4v) is 1.70. The molecular formula is C15H16FNO2. The topological polar surface area (TPSA) is 49.3 Å². The summed E-state index contributed by atoms with van der Waals surface area (Å²) in [6.45, 7) is 2.40. The van der Waals surface area contributed by atoms with E-state index in [9.17, 15) is 9.18 Å². The summed E-state index contributed by atoms with van der Waals surface area (Å²) in [4.78, 5) is 11.8. The number of carbonyl (C=O) groups is 1.